The number of fused-ring (bicyclic) bond motifs is 3. The quantitative estimate of drug-likeness (QED) is 0.551. The van der Waals surface area contributed by atoms with E-state index in [0.29, 0.717) is 26.8 Å². The molecule has 2 heterocycles. The number of nitrogens with zero attached hydrogens (tertiary/aromatic N) is 2. The van der Waals surface area contributed by atoms with Crippen LogP contribution in [0.5, 0.6) is 0 Å². The molecule has 0 aliphatic carbocycles. The van der Waals surface area contributed by atoms with Gasteiger partial charge in [-0.1, -0.05) is 41.4 Å². The van der Waals surface area contributed by atoms with Gasteiger partial charge in [0.2, 0.25) is 11.5 Å². The first-order chi connectivity index (χ1) is 13.0. The van der Waals surface area contributed by atoms with Crippen LogP contribution in [0.25, 0.3) is 22.1 Å². The Morgan fingerprint density at radius 3 is 2.81 bits per heavy atom. The van der Waals surface area contributed by atoms with Crippen LogP contribution in [0.4, 0.5) is 5.69 Å². The molecule has 0 unspecified atom stereocenters. The van der Waals surface area contributed by atoms with E-state index in [9.17, 15) is 9.59 Å². The fourth-order valence-electron chi connectivity index (χ4n) is 2.83. The molecule has 0 aliphatic heterocycles. The highest BCUT2D eigenvalue weighted by molar-refractivity contribution is 6.40. The van der Waals surface area contributed by atoms with Crippen molar-refractivity contribution in [1.82, 2.24) is 9.55 Å². The van der Waals surface area contributed by atoms with Crippen LogP contribution >= 0.6 is 23.2 Å². The third-order valence-corrected chi connectivity index (χ3v) is 5.02. The fourth-order valence-corrected chi connectivity index (χ4v) is 3.30. The molecule has 0 fully saturated rings. The number of para-hydroxylation sites is 1. The number of carbonyl (C=O) groups is 1. The van der Waals surface area contributed by atoms with E-state index < -0.39 is 11.5 Å². The van der Waals surface area contributed by atoms with Gasteiger partial charge in [-0.15, -0.1) is 0 Å². The van der Waals surface area contributed by atoms with Gasteiger partial charge in [-0.2, -0.15) is 0 Å². The molecule has 136 valence electrons. The molecule has 2 aromatic heterocycles. The van der Waals surface area contributed by atoms with Gasteiger partial charge in [-0.3, -0.25) is 14.2 Å². The summed E-state index contributed by atoms with van der Waals surface area (Å²) in [4.78, 5) is 29.4. The van der Waals surface area contributed by atoms with Crippen molar-refractivity contribution >= 4 is 56.9 Å². The molecule has 1 N–H and O–H groups in total. The second-order valence-corrected chi connectivity index (χ2v) is 6.84. The zero-order valence-electron chi connectivity index (χ0n) is 14.1. The molecule has 2 aromatic carbocycles. The highest BCUT2D eigenvalue weighted by Crippen LogP contribution is 2.32. The van der Waals surface area contributed by atoms with Crippen LogP contribution in [0, 0.1) is 6.92 Å². The molecule has 4 rings (SSSR count). The van der Waals surface area contributed by atoms with Gasteiger partial charge >= 0.3 is 0 Å². The number of rotatable bonds is 3. The highest BCUT2D eigenvalue weighted by Gasteiger charge is 2.16. The zero-order valence-corrected chi connectivity index (χ0v) is 15.6. The van der Waals surface area contributed by atoms with E-state index >= 15 is 0 Å². The molecule has 0 bridgehead atoms. The van der Waals surface area contributed by atoms with Crippen molar-refractivity contribution in [2.75, 3.05) is 5.32 Å². The number of hydrogen-bond acceptors (Lipinski definition) is 4. The molecule has 0 radical (unpaired) electrons. The Balaban J connectivity index is 1.67. The van der Waals surface area contributed by atoms with Crippen molar-refractivity contribution in [3.8, 4) is 0 Å². The lowest BCUT2D eigenvalue weighted by atomic mass is 10.2. The SMILES string of the molecule is Cc1ccc(Cl)c(NC(=O)Cn2cnc3c(oc4ccccc43)c2=O)c1Cl. The minimum Gasteiger partial charge on any atom is -0.448 e. The average molecular weight is 402 g/mol. The Hall–Kier alpha value is -2.83. The molecule has 8 heteroatoms. The van der Waals surface area contributed by atoms with Gasteiger partial charge in [-0.25, -0.2) is 4.98 Å². The predicted octanol–water partition coefficient (Wildman–Crippen LogP) is 4.40. The summed E-state index contributed by atoms with van der Waals surface area (Å²) in [7, 11) is 0. The summed E-state index contributed by atoms with van der Waals surface area (Å²) in [6, 6.07) is 10.6. The standard InChI is InChI=1S/C19H13Cl2N3O3/c1-10-6-7-12(20)17(15(10)21)23-14(25)8-24-9-22-16-11-4-2-3-5-13(11)27-18(16)19(24)26/h2-7,9H,8H2,1H3,(H,23,25). The van der Waals surface area contributed by atoms with E-state index in [1.54, 1.807) is 25.1 Å². The largest absolute Gasteiger partial charge is 0.448 e. The van der Waals surface area contributed by atoms with Crippen molar-refractivity contribution < 1.29 is 9.21 Å². The van der Waals surface area contributed by atoms with E-state index in [4.69, 9.17) is 27.6 Å². The number of aryl methyl sites for hydroxylation is 1. The Morgan fingerprint density at radius 2 is 2.00 bits per heavy atom. The van der Waals surface area contributed by atoms with Crippen molar-refractivity contribution in [1.29, 1.82) is 0 Å². The van der Waals surface area contributed by atoms with E-state index in [1.165, 1.54) is 10.9 Å². The number of anilines is 1. The molecule has 6 nitrogen and oxygen atoms in total. The Labute approximate surface area is 163 Å². The number of nitrogens with one attached hydrogen (secondary N) is 1. The number of furan rings is 1. The smallest absolute Gasteiger partial charge is 0.297 e. The number of carbonyl (C=O) groups excluding carboxylic acids is 1. The Bertz CT molecular complexity index is 1260. The lowest BCUT2D eigenvalue weighted by Gasteiger charge is -2.11. The first-order valence-electron chi connectivity index (χ1n) is 8.07. The Morgan fingerprint density at radius 1 is 1.22 bits per heavy atom. The predicted molar refractivity (Wildman–Crippen MR) is 106 cm³/mol. The molecule has 0 aliphatic rings. The first kappa shape index (κ1) is 17.6. The van der Waals surface area contributed by atoms with Gasteiger partial charge in [0, 0.05) is 5.39 Å². The van der Waals surface area contributed by atoms with Crippen LogP contribution in [0.2, 0.25) is 10.0 Å². The molecule has 0 spiro atoms. The van der Waals surface area contributed by atoms with Gasteiger partial charge in [0.05, 0.1) is 22.1 Å². The van der Waals surface area contributed by atoms with Gasteiger partial charge < -0.3 is 9.73 Å². The van der Waals surface area contributed by atoms with Crippen LogP contribution in [-0.2, 0) is 11.3 Å². The maximum absolute atomic E-state index is 12.7. The second kappa shape index (κ2) is 6.72. The lowest BCUT2D eigenvalue weighted by Crippen LogP contribution is -2.27. The molecular weight excluding hydrogens is 389 g/mol. The summed E-state index contributed by atoms with van der Waals surface area (Å²) in [6.45, 7) is 1.55. The van der Waals surface area contributed by atoms with Crippen molar-refractivity contribution in [3.05, 3.63) is 68.7 Å². The maximum atomic E-state index is 12.7. The molecular formula is C19H13Cl2N3O3. The van der Waals surface area contributed by atoms with Crippen molar-refractivity contribution in [3.63, 3.8) is 0 Å². The summed E-state index contributed by atoms with van der Waals surface area (Å²) in [5.74, 6) is -0.455. The first-order valence-corrected chi connectivity index (χ1v) is 8.82. The van der Waals surface area contributed by atoms with Crippen LogP contribution < -0.4 is 10.9 Å². The summed E-state index contributed by atoms with van der Waals surface area (Å²) in [6.07, 6.45) is 1.33. The number of aromatic nitrogens is 2. The van der Waals surface area contributed by atoms with Crippen LogP contribution in [0.3, 0.4) is 0 Å². The van der Waals surface area contributed by atoms with Gasteiger partial charge in [0.25, 0.3) is 5.56 Å². The van der Waals surface area contributed by atoms with Crippen molar-refractivity contribution in [2.24, 2.45) is 0 Å². The third-order valence-electron chi connectivity index (χ3n) is 4.21. The summed E-state index contributed by atoms with van der Waals surface area (Å²) < 4.78 is 6.79. The Kier molecular flexibility index (Phi) is 4.37. The number of amides is 1. The fraction of sp³-hybridized carbons (Fsp3) is 0.105. The van der Waals surface area contributed by atoms with E-state index in [2.05, 4.69) is 10.3 Å². The monoisotopic (exact) mass is 401 g/mol. The van der Waals surface area contributed by atoms with Crippen LogP contribution in [0.15, 0.2) is 51.9 Å². The number of halogens is 2. The highest BCUT2D eigenvalue weighted by atomic mass is 35.5. The van der Waals surface area contributed by atoms with Gasteiger partial charge in [-0.05, 0) is 30.7 Å². The minimum atomic E-state index is -0.455. The van der Waals surface area contributed by atoms with E-state index in [-0.39, 0.29) is 12.1 Å². The van der Waals surface area contributed by atoms with E-state index in [0.717, 1.165) is 10.9 Å². The van der Waals surface area contributed by atoms with Gasteiger partial charge in [0.15, 0.2) is 0 Å². The third kappa shape index (κ3) is 3.07. The topological polar surface area (TPSA) is 77.1 Å². The molecule has 4 aromatic rings. The number of benzene rings is 2. The van der Waals surface area contributed by atoms with Gasteiger partial charge in [0.1, 0.15) is 17.6 Å². The van der Waals surface area contributed by atoms with Crippen molar-refractivity contribution in [2.45, 2.75) is 13.5 Å². The van der Waals surface area contributed by atoms with Crippen LogP contribution in [-0.4, -0.2) is 15.5 Å². The molecule has 1 amide bonds. The summed E-state index contributed by atoms with van der Waals surface area (Å²) in [5.41, 5.74) is 1.80. The van der Waals surface area contributed by atoms with Crippen LogP contribution in [0.1, 0.15) is 5.56 Å². The average Bonchev–Trinajstić information content (AvgIpc) is 3.04. The minimum absolute atomic E-state index is 0.109. The van der Waals surface area contributed by atoms with E-state index in [1.807, 2.05) is 18.2 Å². The second-order valence-electron chi connectivity index (χ2n) is 6.06. The molecule has 0 saturated carbocycles. The lowest BCUT2D eigenvalue weighted by molar-refractivity contribution is -0.116. The maximum Gasteiger partial charge on any atom is 0.297 e. The molecule has 0 atom stereocenters. The summed E-state index contributed by atoms with van der Waals surface area (Å²) >= 11 is 12.3. The number of hydrogen-bond donors (Lipinski definition) is 1. The normalized spacial score (nSPS) is 11.2. The zero-order chi connectivity index (χ0) is 19.1. The molecule has 0 saturated heterocycles. The summed E-state index contributed by atoms with van der Waals surface area (Å²) in [5, 5.41) is 4.07. The molecule has 27 heavy (non-hydrogen) atoms.